The maximum absolute atomic E-state index is 10.5. The van der Waals surface area contributed by atoms with E-state index in [9.17, 15) is 5.11 Å². The summed E-state index contributed by atoms with van der Waals surface area (Å²) >= 11 is 0. The first-order valence-electron chi connectivity index (χ1n) is 2.70. The van der Waals surface area contributed by atoms with Gasteiger partial charge in [-0.05, 0) is 19.3 Å². The molecule has 0 aliphatic heterocycles. The quantitative estimate of drug-likeness (QED) is 0.467. The Morgan fingerprint density at radius 1 is 1.43 bits per heavy atom. The zero-order chi connectivity index (χ0) is 5.28. The van der Waals surface area contributed by atoms with E-state index in [1.54, 1.807) is 0 Å². The van der Waals surface area contributed by atoms with Crippen LogP contribution in [0.3, 0.4) is 0 Å². The number of nitrogens with two attached hydrogens (primary N) is 1. The van der Waals surface area contributed by atoms with Gasteiger partial charge in [0.25, 0.3) is 0 Å². The van der Waals surface area contributed by atoms with Crippen LogP contribution in [0.4, 0.5) is 0 Å². The molecule has 2 unspecified atom stereocenters. The molecule has 1 fully saturated rings. The molecule has 2 heteroatoms. The maximum atomic E-state index is 10.5. The third-order valence-electron chi connectivity index (χ3n) is 1.43. The minimum atomic E-state index is -0.352. The van der Waals surface area contributed by atoms with Crippen LogP contribution in [0.1, 0.15) is 19.3 Å². The molecule has 7 heavy (non-hydrogen) atoms. The molecule has 41 valence electrons. The number of hydrogen-bond donors (Lipinski definition) is 1. The summed E-state index contributed by atoms with van der Waals surface area (Å²) in [6.07, 6.45) is 2.07. The highest BCUT2D eigenvalue weighted by atomic mass is 16.3. The molecule has 1 aliphatic carbocycles. The number of rotatable bonds is 0. The van der Waals surface area contributed by atoms with Crippen molar-refractivity contribution in [2.45, 2.75) is 31.4 Å². The fraction of sp³-hybridized carbons (Fsp3) is 1.00. The zero-order valence-electron chi connectivity index (χ0n) is 4.26. The molecular formula is C5H10NO. The Balaban J connectivity index is 2.26. The van der Waals surface area contributed by atoms with Gasteiger partial charge >= 0.3 is 0 Å². The van der Waals surface area contributed by atoms with Crippen molar-refractivity contribution >= 4 is 0 Å². The highest BCUT2D eigenvalue weighted by Crippen LogP contribution is 2.16. The molecule has 0 amide bonds. The van der Waals surface area contributed by atoms with E-state index in [0.29, 0.717) is 6.42 Å². The molecule has 2 N–H and O–H groups in total. The molecule has 2 nitrogen and oxygen atoms in total. The summed E-state index contributed by atoms with van der Waals surface area (Å²) in [5, 5.41) is 10.5. The molecule has 0 aromatic rings. The third-order valence-corrected chi connectivity index (χ3v) is 1.43. The van der Waals surface area contributed by atoms with Gasteiger partial charge in [-0.25, -0.2) is 5.11 Å². The molecular weight excluding hydrogens is 90.1 g/mol. The van der Waals surface area contributed by atoms with Crippen LogP contribution < -0.4 is 5.73 Å². The predicted molar refractivity (Wildman–Crippen MR) is 26.3 cm³/mol. The summed E-state index contributed by atoms with van der Waals surface area (Å²) in [7, 11) is 0. The van der Waals surface area contributed by atoms with Crippen LogP contribution in [-0.4, -0.2) is 12.1 Å². The van der Waals surface area contributed by atoms with Crippen LogP contribution in [0.15, 0.2) is 0 Å². The van der Waals surface area contributed by atoms with Crippen molar-refractivity contribution < 1.29 is 5.11 Å². The predicted octanol–water partition coefficient (Wildman–Crippen LogP) is 0.297. The summed E-state index contributed by atoms with van der Waals surface area (Å²) in [4.78, 5) is 0. The van der Waals surface area contributed by atoms with E-state index in [4.69, 9.17) is 5.73 Å². The van der Waals surface area contributed by atoms with Crippen molar-refractivity contribution in [1.29, 1.82) is 0 Å². The lowest BCUT2D eigenvalue weighted by Crippen LogP contribution is -2.15. The Hall–Kier alpha value is -0.0800. The molecule has 1 saturated carbocycles. The van der Waals surface area contributed by atoms with E-state index in [1.807, 2.05) is 0 Å². The number of hydrogen-bond acceptors (Lipinski definition) is 1. The van der Waals surface area contributed by atoms with Crippen LogP contribution in [0, 0.1) is 0 Å². The molecule has 0 saturated heterocycles. The van der Waals surface area contributed by atoms with Crippen molar-refractivity contribution in [1.82, 2.24) is 0 Å². The standard InChI is InChI=1S/C5H10NO/c6-4-1-2-5(7)3-4/h4-5H,1-3,6H2. The monoisotopic (exact) mass is 100 g/mol. The summed E-state index contributed by atoms with van der Waals surface area (Å²) in [6.45, 7) is 0. The zero-order valence-corrected chi connectivity index (χ0v) is 4.26. The molecule has 0 heterocycles. The fourth-order valence-corrected chi connectivity index (χ4v) is 0.973. The largest absolute Gasteiger partial charge is 0.328 e. The minimum Gasteiger partial charge on any atom is -0.328 e. The van der Waals surface area contributed by atoms with Crippen molar-refractivity contribution in [2.24, 2.45) is 5.73 Å². The molecule has 2 atom stereocenters. The summed E-state index contributed by atoms with van der Waals surface area (Å²) in [5.74, 6) is 0. The molecule has 0 aromatic carbocycles. The second-order valence-electron chi connectivity index (χ2n) is 2.20. The van der Waals surface area contributed by atoms with Crippen molar-refractivity contribution in [3.8, 4) is 0 Å². The van der Waals surface area contributed by atoms with Gasteiger partial charge < -0.3 is 5.73 Å². The Bertz CT molecular complexity index is 57.1. The highest BCUT2D eigenvalue weighted by molar-refractivity contribution is 4.75. The second-order valence-corrected chi connectivity index (χ2v) is 2.20. The van der Waals surface area contributed by atoms with Crippen LogP contribution >= 0.6 is 0 Å². The normalized spacial score (nSPS) is 42.0. The summed E-state index contributed by atoms with van der Waals surface area (Å²) in [6, 6.07) is 0.211. The lowest BCUT2D eigenvalue weighted by Gasteiger charge is -1.94. The van der Waals surface area contributed by atoms with E-state index in [2.05, 4.69) is 0 Å². The van der Waals surface area contributed by atoms with Crippen LogP contribution in [0.5, 0.6) is 0 Å². The minimum absolute atomic E-state index is 0.211. The first-order chi connectivity index (χ1) is 3.29. The topological polar surface area (TPSA) is 45.9 Å². The van der Waals surface area contributed by atoms with Gasteiger partial charge in [0.05, 0.1) is 6.10 Å². The average Bonchev–Trinajstić information content (AvgIpc) is 1.87. The van der Waals surface area contributed by atoms with E-state index in [1.165, 1.54) is 0 Å². The van der Waals surface area contributed by atoms with Crippen molar-refractivity contribution in [3.63, 3.8) is 0 Å². The van der Waals surface area contributed by atoms with E-state index in [0.717, 1.165) is 12.8 Å². The molecule has 0 bridgehead atoms. The van der Waals surface area contributed by atoms with Crippen LogP contribution in [0.2, 0.25) is 0 Å². The Morgan fingerprint density at radius 3 is 2.29 bits per heavy atom. The van der Waals surface area contributed by atoms with E-state index >= 15 is 0 Å². The molecule has 0 aromatic heterocycles. The maximum Gasteiger partial charge on any atom is 0.0945 e. The first-order valence-corrected chi connectivity index (χ1v) is 2.70. The third kappa shape index (κ3) is 1.14. The molecule has 1 rings (SSSR count). The van der Waals surface area contributed by atoms with Gasteiger partial charge in [0, 0.05) is 6.04 Å². The SMILES string of the molecule is NC1CCC([O])C1. The summed E-state index contributed by atoms with van der Waals surface area (Å²) in [5.41, 5.74) is 5.43. The highest BCUT2D eigenvalue weighted by Gasteiger charge is 2.19. The first kappa shape index (κ1) is 5.06. The fourth-order valence-electron chi connectivity index (χ4n) is 0.973. The Morgan fingerprint density at radius 2 is 2.14 bits per heavy atom. The lowest BCUT2D eigenvalue weighted by atomic mass is 10.3. The van der Waals surface area contributed by atoms with Crippen LogP contribution in [-0.2, 0) is 5.11 Å². The van der Waals surface area contributed by atoms with Crippen molar-refractivity contribution in [2.75, 3.05) is 0 Å². The molecule has 1 radical (unpaired) electrons. The summed E-state index contributed by atoms with van der Waals surface area (Å²) < 4.78 is 0. The van der Waals surface area contributed by atoms with Crippen molar-refractivity contribution in [3.05, 3.63) is 0 Å². The Labute approximate surface area is 43.3 Å². The van der Waals surface area contributed by atoms with E-state index in [-0.39, 0.29) is 12.1 Å². The molecule has 1 aliphatic rings. The van der Waals surface area contributed by atoms with Gasteiger partial charge in [0.1, 0.15) is 0 Å². The van der Waals surface area contributed by atoms with Gasteiger partial charge in [-0.1, -0.05) is 0 Å². The van der Waals surface area contributed by atoms with Gasteiger partial charge in [-0.2, -0.15) is 0 Å². The van der Waals surface area contributed by atoms with Gasteiger partial charge in [-0.15, -0.1) is 0 Å². The second kappa shape index (κ2) is 1.80. The van der Waals surface area contributed by atoms with Crippen LogP contribution in [0.25, 0.3) is 0 Å². The smallest absolute Gasteiger partial charge is 0.0945 e. The van der Waals surface area contributed by atoms with Gasteiger partial charge in [0.15, 0.2) is 0 Å². The van der Waals surface area contributed by atoms with Gasteiger partial charge in [-0.3, -0.25) is 0 Å². The average molecular weight is 100 g/mol. The van der Waals surface area contributed by atoms with Gasteiger partial charge in [0.2, 0.25) is 0 Å². The lowest BCUT2D eigenvalue weighted by molar-refractivity contribution is 0.0944. The van der Waals surface area contributed by atoms with E-state index < -0.39 is 0 Å². The Kier molecular flexibility index (Phi) is 1.30. The molecule has 0 spiro atoms.